The first-order valence-electron chi connectivity index (χ1n) is 7.32. The summed E-state index contributed by atoms with van der Waals surface area (Å²) in [6.07, 6.45) is 0. The molecule has 3 rings (SSSR count). The van der Waals surface area contributed by atoms with Crippen LogP contribution in [0.5, 0.6) is 5.75 Å². The Bertz CT molecular complexity index is 796. The number of amides is 1. The second kappa shape index (κ2) is 7.11. The van der Waals surface area contributed by atoms with Crippen LogP contribution in [0.25, 0.3) is 10.4 Å². The molecule has 0 saturated carbocycles. The van der Waals surface area contributed by atoms with Crippen molar-refractivity contribution in [3.8, 4) is 16.2 Å². The van der Waals surface area contributed by atoms with Crippen molar-refractivity contribution in [1.29, 1.82) is 0 Å². The average molecular weight is 323 g/mol. The van der Waals surface area contributed by atoms with Crippen molar-refractivity contribution in [2.24, 2.45) is 0 Å². The zero-order chi connectivity index (χ0) is 16.1. The molecule has 1 N–H and O–H groups in total. The maximum Gasteiger partial charge on any atom is 0.251 e. The van der Waals surface area contributed by atoms with Crippen molar-refractivity contribution in [1.82, 2.24) is 5.32 Å². The molecule has 23 heavy (non-hydrogen) atoms. The predicted octanol–water partition coefficient (Wildman–Crippen LogP) is 4.35. The maximum atomic E-state index is 12.2. The SMILES string of the molecule is COc1cccc(C(=O)NCc2ccc(-c3ccccc3)s2)c1. The normalized spacial score (nSPS) is 10.3. The van der Waals surface area contributed by atoms with E-state index < -0.39 is 0 Å². The second-order valence-corrected chi connectivity index (χ2v) is 6.21. The van der Waals surface area contributed by atoms with Crippen LogP contribution in [0.3, 0.4) is 0 Å². The Morgan fingerprint density at radius 1 is 1.04 bits per heavy atom. The van der Waals surface area contributed by atoms with Crippen LogP contribution in [-0.4, -0.2) is 13.0 Å². The molecule has 1 amide bonds. The smallest absolute Gasteiger partial charge is 0.251 e. The molecule has 116 valence electrons. The van der Waals surface area contributed by atoms with Gasteiger partial charge in [0, 0.05) is 15.3 Å². The highest BCUT2D eigenvalue weighted by Crippen LogP contribution is 2.27. The Kier molecular flexibility index (Phi) is 4.74. The van der Waals surface area contributed by atoms with E-state index in [4.69, 9.17) is 4.74 Å². The van der Waals surface area contributed by atoms with Gasteiger partial charge in [-0.15, -0.1) is 11.3 Å². The third-order valence-corrected chi connectivity index (χ3v) is 4.61. The molecule has 0 fully saturated rings. The number of nitrogens with one attached hydrogen (secondary N) is 1. The molecule has 0 saturated heterocycles. The van der Waals surface area contributed by atoms with Crippen molar-refractivity contribution >= 4 is 17.2 Å². The summed E-state index contributed by atoms with van der Waals surface area (Å²) in [5, 5.41) is 2.95. The molecule has 3 nitrogen and oxygen atoms in total. The standard InChI is InChI=1S/C19H17NO2S/c1-22-16-9-5-8-15(12-16)19(21)20-13-17-10-11-18(23-17)14-6-3-2-4-7-14/h2-12H,13H2,1H3,(H,20,21). The summed E-state index contributed by atoms with van der Waals surface area (Å²) in [4.78, 5) is 14.5. The molecule has 0 aliphatic heterocycles. The van der Waals surface area contributed by atoms with Crippen LogP contribution in [0.15, 0.2) is 66.7 Å². The van der Waals surface area contributed by atoms with Gasteiger partial charge in [-0.05, 0) is 35.9 Å². The Labute approximate surface area is 139 Å². The van der Waals surface area contributed by atoms with Gasteiger partial charge in [-0.2, -0.15) is 0 Å². The van der Waals surface area contributed by atoms with E-state index in [1.54, 1.807) is 30.6 Å². The van der Waals surface area contributed by atoms with Gasteiger partial charge < -0.3 is 10.1 Å². The monoisotopic (exact) mass is 323 g/mol. The zero-order valence-corrected chi connectivity index (χ0v) is 13.6. The molecule has 0 bridgehead atoms. The summed E-state index contributed by atoms with van der Waals surface area (Å²) in [6, 6.07) is 21.5. The van der Waals surface area contributed by atoms with Crippen LogP contribution in [0.4, 0.5) is 0 Å². The van der Waals surface area contributed by atoms with Crippen molar-refractivity contribution in [3.63, 3.8) is 0 Å². The Morgan fingerprint density at radius 3 is 2.65 bits per heavy atom. The molecule has 0 spiro atoms. The number of benzene rings is 2. The lowest BCUT2D eigenvalue weighted by Gasteiger charge is -2.05. The highest BCUT2D eigenvalue weighted by molar-refractivity contribution is 7.15. The van der Waals surface area contributed by atoms with Crippen LogP contribution in [0.1, 0.15) is 15.2 Å². The number of hydrogen-bond donors (Lipinski definition) is 1. The van der Waals surface area contributed by atoms with Gasteiger partial charge in [0.2, 0.25) is 0 Å². The highest BCUT2D eigenvalue weighted by atomic mass is 32.1. The predicted molar refractivity (Wildman–Crippen MR) is 93.9 cm³/mol. The highest BCUT2D eigenvalue weighted by Gasteiger charge is 2.08. The van der Waals surface area contributed by atoms with Crippen LogP contribution in [0, 0.1) is 0 Å². The molecule has 1 heterocycles. The van der Waals surface area contributed by atoms with E-state index in [0.29, 0.717) is 17.9 Å². The van der Waals surface area contributed by atoms with E-state index in [1.165, 1.54) is 10.4 Å². The average Bonchev–Trinajstić information content (AvgIpc) is 3.09. The quantitative estimate of drug-likeness (QED) is 0.758. The summed E-state index contributed by atoms with van der Waals surface area (Å²) < 4.78 is 5.14. The Morgan fingerprint density at radius 2 is 1.87 bits per heavy atom. The Balaban J connectivity index is 1.64. The minimum atomic E-state index is -0.0986. The third kappa shape index (κ3) is 3.79. The summed E-state index contributed by atoms with van der Waals surface area (Å²) in [7, 11) is 1.59. The van der Waals surface area contributed by atoms with Gasteiger partial charge in [-0.3, -0.25) is 4.79 Å². The van der Waals surface area contributed by atoms with Crippen LogP contribution < -0.4 is 10.1 Å². The molecule has 4 heteroatoms. The molecule has 1 aromatic heterocycles. The van der Waals surface area contributed by atoms with Crippen LogP contribution in [-0.2, 0) is 6.54 Å². The summed E-state index contributed by atoms with van der Waals surface area (Å²) >= 11 is 1.69. The van der Waals surface area contributed by atoms with Crippen molar-refractivity contribution in [2.45, 2.75) is 6.54 Å². The topological polar surface area (TPSA) is 38.3 Å². The van der Waals surface area contributed by atoms with E-state index in [9.17, 15) is 4.79 Å². The van der Waals surface area contributed by atoms with Crippen LogP contribution >= 0.6 is 11.3 Å². The van der Waals surface area contributed by atoms with Crippen molar-refractivity contribution in [2.75, 3.05) is 7.11 Å². The van der Waals surface area contributed by atoms with E-state index >= 15 is 0 Å². The number of carbonyl (C=O) groups is 1. The molecular formula is C19H17NO2S. The summed E-state index contributed by atoms with van der Waals surface area (Å²) in [5.74, 6) is 0.582. The lowest BCUT2D eigenvalue weighted by molar-refractivity contribution is 0.0951. The molecule has 0 aliphatic rings. The van der Waals surface area contributed by atoms with Crippen LogP contribution in [0.2, 0.25) is 0 Å². The van der Waals surface area contributed by atoms with Gasteiger partial charge in [0.25, 0.3) is 5.91 Å². The number of thiophene rings is 1. The van der Waals surface area contributed by atoms with Gasteiger partial charge >= 0.3 is 0 Å². The van der Waals surface area contributed by atoms with E-state index in [0.717, 1.165) is 4.88 Å². The first kappa shape index (κ1) is 15.3. The number of rotatable bonds is 5. The molecule has 3 aromatic rings. The zero-order valence-electron chi connectivity index (χ0n) is 12.8. The first-order chi connectivity index (χ1) is 11.3. The largest absolute Gasteiger partial charge is 0.497 e. The van der Waals surface area contributed by atoms with E-state index in [-0.39, 0.29) is 5.91 Å². The van der Waals surface area contributed by atoms with E-state index in [1.807, 2.05) is 30.3 Å². The number of hydrogen-bond acceptors (Lipinski definition) is 3. The number of carbonyl (C=O) groups excluding carboxylic acids is 1. The molecular weight excluding hydrogens is 306 g/mol. The minimum absolute atomic E-state index is 0.0986. The van der Waals surface area contributed by atoms with Gasteiger partial charge in [0.05, 0.1) is 13.7 Å². The second-order valence-electron chi connectivity index (χ2n) is 5.05. The van der Waals surface area contributed by atoms with Gasteiger partial charge in [-0.1, -0.05) is 36.4 Å². The molecule has 2 aromatic carbocycles. The van der Waals surface area contributed by atoms with E-state index in [2.05, 4.69) is 29.6 Å². The fourth-order valence-corrected chi connectivity index (χ4v) is 3.22. The molecule has 0 radical (unpaired) electrons. The van der Waals surface area contributed by atoms with Gasteiger partial charge in [0.15, 0.2) is 0 Å². The number of ether oxygens (including phenoxy) is 1. The Hall–Kier alpha value is -2.59. The van der Waals surface area contributed by atoms with Gasteiger partial charge in [-0.25, -0.2) is 0 Å². The van der Waals surface area contributed by atoms with Crippen molar-refractivity contribution in [3.05, 3.63) is 77.2 Å². The minimum Gasteiger partial charge on any atom is -0.497 e. The molecule has 0 aliphatic carbocycles. The van der Waals surface area contributed by atoms with Crippen molar-refractivity contribution < 1.29 is 9.53 Å². The lowest BCUT2D eigenvalue weighted by atomic mass is 10.2. The summed E-state index contributed by atoms with van der Waals surface area (Å²) in [6.45, 7) is 0.521. The maximum absolute atomic E-state index is 12.2. The fourth-order valence-electron chi connectivity index (χ4n) is 2.26. The molecule has 0 atom stereocenters. The fraction of sp³-hybridized carbons (Fsp3) is 0.105. The summed E-state index contributed by atoms with van der Waals surface area (Å²) in [5.41, 5.74) is 1.80. The van der Waals surface area contributed by atoms with Gasteiger partial charge in [0.1, 0.15) is 5.75 Å². The lowest BCUT2D eigenvalue weighted by Crippen LogP contribution is -2.22. The molecule has 0 unspecified atom stereocenters. The first-order valence-corrected chi connectivity index (χ1v) is 8.14. The number of methoxy groups -OCH3 is 1. The third-order valence-electron chi connectivity index (χ3n) is 3.48.